The van der Waals surface area contributed by atoms with Crippen LogP contribution in [0, 0.1) is 0 Å². The van der Waals surface area contributed by atoms with Crippen LogP contribution in [0.1, 0.15) is 31.3 Å². The number of hydrogen-bond donors (Lipinski definition) is 1. The first-order valence-corrected chi connectivity index (χ1v) is 6.98. The summed E-state index contributed by atoms with van der Waals surface area (Å²) in [5.74, 6) is 0.813. The van der Waals surface area contributed by atoms with Crippen LogP contribution in [0.2, 0.25) is 0 Å². The van der Waals surface area contributed by atoms with Crippen molar-refractivity contribution >= 4 is 11.3 Å². The Morgan fingerprint density at radius 2 is 2.00 bits per heavy atom. The molecule has 102 valence electrons. The van der Waals surface area contributed by atoms with Crippen molar-refractivity contribution in [2.75, 3.05) is 7.11 Å². The van der Waals surface area contributed by atoms with Crippen molar-refractivity contribution in [3.8, 4) is 16.3 Å². The predicted molar refractivity (Wildman–Crippen MR) is 78.5 cm³/mol. The van der Waals surface area contributed by atoms with Crippen LogP contribution in [-0.4, -0.2) is 17.3 Å². The second-order valence-corrected chi connectivity index (χ2v) is 6.43. The fraction of sp³-hybridized carbons (Fsp3) is 0.429. The normalized spacial score (nSPS) is 11.6. The van der Waals surface area contributed by atoms with Gasteiger partial charge in [0.2, 0.25) is 0 Å². The zero-order chi connectivity index (χ0) is 14.0. The maximum absolute atomic E-state index is 5.59. The number of hydrogen-bond acceptors (Lipinski definition) is 5. The molecule has 1 heterocycles. The summed E-state index contributed by atoms with van der Waals surface area (Å²) in [6.45, 7) is 6.97. The number of ether oxygens (including phenoxy) is 1. The van der Waals surface area contributed by atoms with Gasteiger partial charge in [-0.25, -0.2) is 0 Å². The molecule has 0 aliphatic rings. The second-order valence-electron chi connectivity index (χ2n) is 5.37. The molecule has 0 saturated heterocycles. The van der Waals surface area contributed by atoms with Gasteiger partial charge in [-0.15, -0.1) is 10.2 Å². The number of benzene rings is 1. The zero-order valence-corrected chi connectivity index (χ0v) is 12.5. The summed E-state index contributed by atoms with van der Waals surface area (Å²) in [5, 5.41) is 9.95. The van der Waals surface area contributed by atoms with Crippen molar-refractivity contribution in [3.63, 3.8) is 0 Å². The van der Waals surface area contributed by atoms with Gasteiger partial charge in [0.25, 0.3) is 0 Å². The van der Waals surface area contributed by atoms with E-state index in [4.69, 9.17) is 10.5 Å². The maximum Gasteiger partial charge on any atom is 0.151 e. The minimum atomic E-state index is 0.0857. The molecule has 1 aromatic carbocycles. The highest BCUT2D eigenvalue weighted by Gasteiger charge is 2.18. The van der Waals surface area contributed by atoms with Gasteiger partial charge < -0.3 is 10.5 Å². The summed E-state index contributed by atoms with van der Waals surface area (Å²) in [5.41, 5.74) is 7.90. The number of nitrogens with two attached hydrogens (primary N) is 1. The first kappa shape index (κ1) is 14.0. The Morgan fingerprint density at radius 3 is 2.53 bits per heavy atom. The number of aromatic nitrogens is 2. The SMILES string of the molecule is COc1ccc(C(C)(C)C)cc1-c1nnc(CN)s1. The third kappa shape index (κ3) is 2.93. The second kappa shape index (κ2) is 5.27. The van der Waals surface area contributed by atoms with Gasteiger partial charge in [-0.2, -0.15) is 0 Å². The van der Waals surface area contributed by atoms with Gasteiger partial charge in [-0.1, -0.05) is 38.2 Å². The fourth-order valence-corrected chi connectivity index (χ4v) is 2.53. The van der Waals surface area contributed by atoms with Gasteiger partial charge in [0.1, 0.15) is 10.8 Å². The molecular formula is C14H19N3OS. The lowest BCUT2D eigenvalue weighted by Crippen LogP contribution is -2.11. The van der Waals surface area contributed by atoms with E-state index in [1.54, 1.807) is 7.11 Å². The Hall–Kier alpha value is -1.46. The molecule has 19 heavy (non-hydrogen) atoms. The van der Waals surface area contributed by atoms with Crippen LogP contribution < -0.4 is 10.5 Å². The van der Waals surface area contributed by atoms with E-state index in [1.165, 1.54) is 16.9 Å². The Labute approximate surface area is 117 Å². The molecule has 4 nitrogen and oxygen atoms in total. The Bertz CT molecular complexity index is 572. The van der Waals surface area contributed by atoms with Gasteiger partial charge >= 0.3 is 0 Å². The molecule has 0 amide bonds. The van der Waals surface area contributed by atoms with E-state index in [2.05, 4.69) is 43.1 Å². The van der Waals surface area contributed by atoms with Gasteiger partial charge in [-0.05, 0) is 23.1 Å². The Morgan fingerprint density at radius 1 is 1.26 bits per heavy atom. The van der Waals surface area contributed by atoms with E-state index in [9.17, 15) is 0 Å². The van der Waals surface area contributed by atoms with Crippen LogP contribution in [0.25, 0.3) is 10.6 Å². The van der Waals surface area contributed by atoms with Gasteiger partial charge in [0, 0.05) is 6.54 Å². The minimum Gasteiger partial charge on any atom is -0.496 e. The standard InChI is InChI=1S/C14H19N3OS/c1-14(2,3)9-5-6-11(18-4)10(7-9)13-17-16-12(8-15)19-13/h5-7H,8,15H2,1-4H3. The molecule has 0 saturated carbocycles. The van der Waals surface area contributed by atoms with Crippen molar-refractivity contribution in [1.29, 1.82) is 0 Å². The largest absolute Gasteiger partial charge is 0.496 e. The summed E-state index contributed by atoms with van der Waals surface area (Å²) < 4.78 is 5.42. The summed E-state index contributed by atoms with van der Waals surface area (Å²) >= 11 is 1.51. The minimum absolute atomic E-state index is 0.0857. The summed E-state index contributed by atoms with van der Waals surface area (Å²) in [4.78, 5) is 0. The molecule has 2 N–H and O–H groups in total. The molecule has 0 atom stereocenters. The molecule has 0 bridgehead atoms. The lowest BCUT2D eigenvalue weighted by molar-refractivity contribution is 0.416. The van der Waals surface area contributed by atoms with Crippen molar-refractivity contribution in [1.82, 2.24) is 10.2 Å². The molecule has 0 radical (unpaired) electrons. The van der Waals surface area contributed by atoms with Gasteiger partial charge in [0.15, 0.2) is 5.01 Å². The molecule has 5 heteroatoms. The van der Waals surface area contributed by atoms with Crippen molar-refractivity contribution in [2.24, 2.45) is 5.73 Å². The van der Waals surface area contributed by atoms with Gasteiger partial charge in [0.05, 0.1) is 12.7 Å². The highest BCUT2D eigenvalue weighted by molar-refractivity contribution is 7.14. The highest BCUT2D eigenvalue weighted by atomic mass is 32.1. The molecule has 0 aliphatic heterocycles. The first-order valence-electron chi connectivity index (χ1n) is 6.17. The number of rotatable bonds is 3. The van der Waals surface area contributed by atoms with E-state index in [0.29, 0.717) is 6.54 Å². The first-order chi connectivity index (χ1) is 8.95. The van der Waals surface area contributed by atoms with E-state index in [-0.39, 0.29) is 5.41 Å². The molecule has 0 unspecified atom stereocenters. The van der Waals surface area contributed by atoms with Crippen molar-refractivity contribution in [2.45, 2.75) is 32.7 Å². The third-order valence-electron chi connectivity index (χ3n) is 2.94. The monoisotopic (exact) mass is 277 g/mol. The van der Waals surface area contributed by atoms with Gasteiger partial charge in [-0.3, -0.25) is 0 Å². The maximum atomic E-state index is 5.59. The molecule has 2 rings (SSSR count). The average Bonchev–Trinajstić information content (AvgIpc) is 2.85. The lowest BCUT2D eigenvalue weighted by Gasteiger charge is -2.20. The summed E-state index contributed by atoms with van der Waals surface area (Å²) in [6, 6.07) is 6.20. The predicted octanol–water partition coefficient (Wildman–Crippen LogP) is 2.97. The fourth-order valence-electron chi connectivity index (χ4n) is 1.79. The highest BCUT2D eigenvalue weighted by Crippen LogP contribution is 2.35. The third-order valence-corrected chi connectivity index (χ3v) is 3.92. The number of nitrogens with zero attached hydrogens (tertiary/aromatic N) is 2. The van der Waals surface area contributed by atoms with Crippen LogP contribution in [0.15, 0.2) is 18.2 Å². The average molecular weight is 277 g/mol. The van der Waals surface area contributed by atoms with Crippen LogP contribution >= 0.6 is 11.3 Å². The molecule has 0 spiro atoms. The van der Waals surface area contributed by atoms with E-state index in [1.807, 2.05) is 6.07 Å². The number of methoxy groups -OCH3 is 1. The lowest BCUT2D eigenvalue weighted by atomic mass is 9.86. The van der Waals surface area contributed by atoms with Crippen LogP contribution in [0.4, 0.5) is 0 Å². The molecule has 2 aromatic rings. The topological polar surface area (TPSA) is 61.0 Å². The van der Waals surface area contributed by atoms with Crippen LogP contribution in [0.5, 0.6) is 5.75 Å². The van der Waals surface area contributed by atoms with E-state index < -0.39 is 0 Å². The molecule has 1 aromatic heterocycles. The Kier molecular flexibility index (Phi) is 3.87. The molecule has 0 fully saturated rings. The zero-order valence-electron chi connectivity index (χ0n) is 11.7. The summed E-state index contributed by atoms with van der Waals surface area (Å²) in [6.07, 6.45) is 0. The van der Waals surface area contributed by atoms with Crippen molar-refractivity contribution < 1.29 is 4.74 Å². The van der Waals surface area contributed by atoms with Crippen molar-refractivity contribution in [3.05, 3.63) is 28.8 Å². The van der Waals surface area contributed by atoms with E-state index >= 15 is 0 Å². The molecular weight excluding hydrogens is 258 g/mol. The smallest absolute Gasteiger partial charge is 0.151 e. The molecule has 0 aliphatic carbocycles. The van der Waals surface area contributed by atoms with E-state index in [0.717, 1.165) is 21.3 Å². The summed E-state index contributed by atoms with van der Waals surface area (Å²) in [7, 11) is 1.67. The quantitative estimate of drug-likeness (QED) is 0.937. The van der Waals surface area contributed by atoms with Crippen LogP contribution in [-0.2, 0) is 12.0 Å². The Balaban J connectivity index is 2.53. The van der Waals surface area contributed by atoms with Crippen LogP contribution in [0.3, 0.4) is 0 Å².